The number of para-hydroxylation sites is 2. The van der Waals surface area contributed by atoms with Gasteiger partial charge in [-0.2, -0.15) is 0 Å². The van der Waals surface area contributed by atoms with Gasteiger partial charge in [0.15, 0.2) is 6.54 Å². The summed E-state index contributed by atoms with van der Waals surface area (Å²) in [6, 6.07) is 19.1. The van der Waals surface area contributed by atoms with Crippen LogP contribution in [-0.2, 0) is 12.8 Å². The molecule has 0 amide bonds. The minimum atomic E-state index is 0.264. The predicted octanol–water partition coefficient (Wildman–Crippen LogP) is 2.81. The fourth-order valence-corrected chi connectivity index (χ4v) is 5.16. The molecule has 1 saturated heterocycles. The molecule has 0 spiro atoms. The van der Waals surface area contributed by atoms with Gasteiger partial charge in [-0.15, -0.1) is 0 Å². The lowest BCUT2D eigenvalue weighted by Crippen LogP contribution is -3.15. The number of piperazine rings is 1. The first-order valence-corrected chi connectivity index (χ1v) is 11.0. The third-order valence-corrected chi connectivity index (χ3v) is 6.76. The van der Waals surface area contributed by atoms with E-state index in [4.69, 9.17) is 0 Å². The number of quaternary nitrogens is 1. The Kier molecular flexibility index (Phi) is 4.88. The number of hydrogen-bond donors (Lipinski definition) is 1. The Labute approximate surface area is 172 Å². The lowest BCUT2D eigenvalue weighted by molar-refractivity contribution is -0.892. The predicted molar refractivity (Wildman–Crippen MR) is 118 cm³/mol. The van der Waals surface area contributed by atoms with Crippen LogP contribution in [0.25, 0.3) is 10.9 Å². The Morgan fingerprint density at radius 1 is 1.03 bits per heavy atom. The molecular weight excluding hydrogens is 358 g/mol. The second kappa shape index (κ2) is 7.68. The summed E-state index contributed by atoms with van der Waals surface area (Å²) < 4.78 is 2.06. The van der Waals surface area contributed by atoms with Gasteiger partial charge < -0.3 is 9.80 Å². The molecule has 4 nitrogen and oxygen atoms in total. The number of anilines is 1. The molecule has 150 valence electrons. The maximum absolute atomic E-state index is 13.4. The molecule has 2 heterocycles. The molecule has 5 rings (SSSR count). The van der Waals surface area contributed by atoms with Crippen molar-refractivity contribution in [1.82, 2.24) is 4.57 Å². The molecule has 0 radical (unpaired) electrons. The van der Waals surface area contributed by atoms with Gasteiger partial charge in [0.25, 0.3) is 5.91 Å². The van der Waals surface area contributed by atoms with Crippen molar-refractivity contribution in [3.05, 3.63) is 65.9 Å². The van der Waals surface area contributed by atoms with E-state index >= 15 is 0 Å². The summed E-state index contributed by atoms with van der Waals surface area (Å²) in [5.41, 5.74) is 5.09. The van der Waals surface area contributed by atoms with Crippen LogP contribution in [0.5, 0.6) is 0 Å². The molecule has 2 aromatic carbocycles. The average Bonchev–Trinajstić information content (AvgIpc) is 3.09. The van der Waals surface area contributed by atoms with Crippen LogP contribution in [0.15, 0.2) is 54.6 Å². The number of carbonyl (C=O) groups excluding carboxylic acids is 1. The monoisotopic (exact) mass is 388 g/mol. The van der Waals surface area contributed by atoms with E-state index in [9.17, 15) is 4.79 Å². The van der Waals surface area contributed by atoms with Crippen LogP contribution in [0.4, 0.5) is 5.69 Å². The molecule has 0 bridgehead atoms. The summed E-state index contributed by atoms with van der Waals surface area (Å²) in [5, 5.41) is 1.28. The van der Waals surface area contributed by atoms with E-state index in [-0.39, 0.29) is 5.91 Å². The highest BCUT2D eigenvalue weighted by Crippen LogP contribution is 2.34. The molecule has 1 aliphatic heterocycles. The molecule has 1 aromatic heterocycles. The maximum atomic E-state index is 13.4. The average molecular weight is 389 g/mol. The van der Waals surface area contributed by atoms with Crippen molar-refractivity contribution in [1.29, 1.82) is 0 Å². The fourth-order valence-electron chi connectivity index (χ4n) is 5.16. The van der Waals surface area contributed by atoms with Crippen LogP contribution in [0.2, 0.25) is 0 Å². The van der Waals surface area contributed by atoms with Gasteiger partial charge in [0.2, 0.25) is 0 Å². The minimum absolute atomic E-state index is 0.264. The van der Waals surface area contributed by atoms with Crippen molar-refractivity contribution >= 4 is 22.5 Å². The molecule has 4 heteroatoms. The molecule has 1 atom stereocenters. The first-order valence-electron chi connectivity index (χ1n) is 11.0. The van der Waals surface area contributed by atoms with E-state index in [1.54, 1.807) is 0 Å². The van der Waals surface area contributed by atoms with E-state index in [0.717, 1.165) is 44.5 Å². The maximum Gasteiger partial charge on any atom is 0.286 e. The highest BCUT2D eigenvalue weighted by atomic mass is 16.2. The van der Waals surface area contributed by atoms with Gasteiger partial charge in [-0.1, -0.05) is 43.3 Å². The highest BCUT2D eigenvalue weighted by Gasteiger charge is 2.28. The zero-order chi connectivity index (χ0) is 19.8. The van der Waals surface area contributed by atoms with Gasteiger partial charge in [0, 0.05) is 16.8 Å². The van der Waals surface area contributed by atoms with Crippen LogP contribution < -0.4 is 9.80 Å². The summed E-state index contributed by atoms with van der Waals surface area (Å²) in [4.78, 5) is 17.3. The van der Waals surface area contributed by atoms with Gasteiger partial charge in [0.1, 0.15) is 0 Å². The van der Waals surface area contributed by atoms with Crippen LogP contribution >= 0.6 is 0 Å². The van der Waals surface area contributed by atoms with Crippen molar-refractivity contribution in [3.63, 3.8) is 0 Å². The molecule has 29 heavy (non-hydrogen) atoms. The van der Waals surface area contributed by atoms with Gasteiger partial charge in [0.05, 0.1) is 31.7 Å². The second-order valence-corrected chi connectivity index (χ2v) is 8.77. The molecule has 0 saturated carbocycles. The Hall–Kier alpha value is -2.59. The van der Waals surface area contributed by atoms with Crippen molar-refractivity contribution in [2.75, 3.05) is 37.6 Å². The van der Waals surface area contributed by atoms with E-state index in [1.165, 1.54) is 33.7 Å². The van der Waals surface area contributed by atoms with Gasteiger partial charge >= 0.3 is 0 Å². The first kappa shape index (κ1) is 18.4. The summed E-state index contributed by atoms with van der Waals surface area (Å²) in [5.74, 6) is 0.966. The van der Waals surface area contributed by atoms with Crippen molar-refractivity contribution < 1.29 is 9.69 Å². The lowest BCUT2D eigenvalue weighted by Gasteiger charge is -2.33. The smallest absolute Gasteiger partial charge is 0.286 e. The number of benzene rings is 2. The molecule has 2 aliphatic rings. The van der Waals surface area contributed by atoms with Crippen molar-refractivity contribution in [3.8, 4) is 0 Å². The number of aromatic nitrogens is 1. The number of nitrogens with one attached hydrogen (secondary N) is 1. The highest BCUT2D eigenvalue weighted by molar-refractivity contribution is 5.96. The number of hydrogen-bond acceptors (Lipinski definition) is 2. The summed E-state index contributed by atoms with van der Waals surface area (Å²) in [6.45, 7) is 6.96. The molecule has 3 aromatic rings. The van der Waals surface area contributed by atoms with Crippen LogP contribution in [-0.4, -0.2) is 43.2 Å². The quantitative estimate of drug-likeness (QED) is 0.748. The van der Waals surface area contributed by atoms with Crippen LogP contribution in [0.3, 0.4) is 0 Å². The standard InChI is InChI=1S/C25H29N3O/c1-19-11-12-24-22(17-19)21-9-5-6-10-23(21)28(24)25(29)18-26-13-15-27(16-14-26)20-7-3-2-4-8-20/h2-10,19H,11-18H2,1H3/p+1/t19-/m1/s1. The lowest BCUT2D eigenvalue weighted by atomic mass is 9.88. The molecule has 1 N–H and O–H groups in total. The minimum Gasteiger partial charge on any atom is -0.360 e. The van der Waals surface area contributed by atoms with Crippen LogP contribution in [0, 0.1) is 5.92 Å². The van der Waals surface area contributed by atoms with E-state index in [0.29, 0.717) is 12.5 Å². The second-order valence-electron chi connectivity index (χ2n) is 8.77. The van der Waals surface area contributed by atoms with E-state index < -0.39 is 0 Å². The normalized spacial score (nSPS) is 20.0. The number of nitrogens with zero attached hydrogens (tertiary/aromatic N) is 2. The van der Waals surface area contributed by atoms with Gasteiger partial charge in [-0.3, -0.25) is 9.36 Å². The van der Waals surface area contributed by atoms with Crippen molar-refractivity contribution in [2.45, 2.75) is 26.2 Å². The first-order chi connectivity index (χ1) is 14.2. The molecular formula is C25H30N3O+. The third kappa shape index (κ3) is 3.46. The van der Waals surface area contributed by atoms with Crippen molar-refractivity contribution in [2.24, 2.45) is 5.92 Å². The number of carbonyl (C=O) groups is 1. The van der Waals surface area contributed by atoms with Gasteiger partial charge in [-0.25, -0.2) is 0 Å². The van der Waals surface area contributed by atoms with Crippen LogP contribution in [0.1, 0.15) is 29.4 Å². The third-order valence-electron chi connectivity index (χ3n) is 6.76. The molecule has 0 unspecified atom stereocenters. The summed E-state index contributed by atoms with van der Waals surface area (Å²) in [6.07, 6.45) is 3.30. The van der Waals surface area contributed by atoms with E-state index in [2.05, 4.69) is 71.0 Å². The Balaban J connectivity index is 1.34. The topological polar surface area (TPSA) is 29.7 Å². The SMILES string of the molecule is C[C@@H]1CCc2c(c3ccccc3n2C(=O)C[NH+]2CCN(c3ccccc3)CC2)C1. The number of fused-ring (bicyclic) bond motifs is 3. The summed E-state index contributed by atoms with van der Waals surface area (Å²) in [7, 11) is 0. The Morgan fingerprint density at radius 2 is 1.76 bits per heavy atom. The zero-order valence-corrected chi connectivity index (χ0v) is 17.2. The fraction of sp³-hybridized carbons (Fsp3) is 0.400. The van der Waals surface area contributed by atoms with E-state index in [1.807, 2.05) is 0 Å². The van der Waals surface area contributed by atoms with Gasteiger partial charge in [-0.05, 0) is 48.9 Å². The summed E-state index contributed by atoms with van der Waals surface area (Å²) >= 11 is 0. The largest absolute Gasteiger partial charge is 0.360 e. The number of rotatable bonds is 3. The zero-order valence-electron chi connectivity index (χ0n) is 17.2. The molecule has 1 aliphatic carbocycles. The Bertz CT molecular complexity index is 1020. The Morgan fingerprint density at radius 3 is 2.55 bits per heavy atom. The molecule has 1 fully saturated rings.